The minimum atomic E-state index is -4.96. The smallest absolute Gasteiger partial charge is 0.462 e. The molecule has 0 spiro atoms. The van der Waals surface area contributed by atoms with Gasteiger partial charge in [-0.2, -0.15) is 0 Å². The van der Waals surface area contributed by atoms with Crippen molar-refractivity contribution in [2.24, 2.45) is 17.8 Å². The van der Waals surface area contributed by atoms with Gasteiger partial charge in [0.2, 0.25) is 0 Å². The number of carbonyl (C=O) groups excluding carboxylic acids is 4. The number of hydrogen-bond donors (Lipinski definition) is 3. The fourth-order valence-corrected chi connectivity index (χ4v) is 14.2. The molecule has 3 unspecified atom stereocenters. The summed E-state index contributed by atoms with van der Waals surface area (Å²) >= 11 is 0. The lowest BCUT2D eigenvalue weighted by molar-refractivity contribution is -0.161. The highest BCUT2D eigenvalue weighted by Crippen LogP contribution is 2.45. The number of esters is 4. The molecule has 3 N–H and O–H groups in total. The van der Waals surface area contributed by atoms with Crippen molar-refractivity contribution in [3.05, 3.63) is 0 Å². The first-order valence-electron chi connectivity index (χ1n) is 42.4. The lowest BCUT2D eigenvalue weighted by Crippen LogP contribution is -2.30. The highest BCUT2D eigenvalue weighted by molar-refractivity contribution is 7.47. The lowest BCUT2D eigenvalue weighted by atomic mass is 9.99. The third-order valence-corrected chi connectivity index (χ3v) is 21.4. The fraction of sp³-hybridized carbons (Fsp3) is 0.951. The van der Waals surface area contributed by atoms with Gasteiger partial charge in [0.05, 0.1) is 26.4 Å². The topological polar surface area (TPSA) is 237 Å². The Kier molecular flexibility index (Phi) is 70.9. The molecule has 0 saturated heterocycles. The van der Waals surface area contributed by atoms with Crippen molar-refractivity contribution < 1.29 is 80.2 Å². The first-order valence-corrected chi connectivity index (χ1v) is 45.4. The van der Waals surface area contributed by atoms with Gasteiger partial charge in [0.25, 0.3) is 0 Å². The number of phosphoric acid groups is 2. The second kappa shape index (κ2) is 72.3. The maximum absolute atomic E-state index is 13.1. The van der Waals surface area contributed by atoms with E-state index in [4.69, 9.17) is 37.0 Å². The van der Waals surface area contributed by atoms with Crippen molar-refractivity contribution in [3.63, 3.8) is 0 Å². The SMILES string of the molecule is CCCCCCCCCCCCC(=O)OC[C@H](COP(=O)(O)OC[C@H](O)COP(=O)(O)OC[C@@H](COC(=O)CCCCCCCCCCCCCCCCC(C)CC)OC(=O)CCCCCCCCCCCCCCCCCCC(C)C)OC(=O)CCCCCCCCCCCCCC(C)C. The number of rotatable bonds is 80. The van der Waals surface area contributed by atoms with Crippen LogP contribution in [0.25, 0.3) is 0 Å². The molecule has 0 amide bonds. The number of phosphoric ester groups is 2. The van der Waals surface area contributed by atoms with Crippen LogP contribution in [0, 0.1) is 17.8 Å². The van der Waals surface area contributed by atoms with E-state index in [2.05, 4.69) is 48.5 Å². The number of ether oxygens (including phenoxy) is 4. The summed E-state index contributed by atoms with van der Waals surface area (Å²) in [5.41, 5.74) is 0. The standard InChI is InChI=1S/C82H160O17P2/c1-8-10-11-12-13-14-35-42-49-56-63-79(84)92-69-77(99-82(87)66-59-52-45-38-31-25-27-33-40-47-54-61-74(5)6)71-96-100(88,89)94-67-76(83)68-95-101(90,91)97-72-78(70-93-80(85)64-57-50-43-36-29-23-20-19-22-28-34-41-48-55-62-75(7)9-2)98-81(86)65-58-51-44-37-30-24-18-16-15-17-21-26-32-39-46-53-60-73(3)4/h73-78,83H,8-72H2,1-7H3,(H,88,89)(H,90,91)/t75?,76-,77+,78+/m0/s1. The zero-order valence-corrected chi connectivity index (χ0v) is 68.2. The lowest BCUT2D eigenvalue weighted by Gasteiger charge is -2.21. The summed E-state index contributed by atoms with van der Waals surface area (Å²) < 4.78 is 68.7. The summed E-state index contributed by atoms with van der Waals surface area (Å²) in [6.45, 7) is 12.0. The zero-order valence-electron chi connectivity index (χ0n) is 66.4. The predicted molar refractivity (Wildman–Crippen MR) is 414 cm³/mol. The van der Waals surface area contributed by atoms with E-state index in [-0.39, 0.29) is 25.7 Å². The Morgan fingerprint density at radius 1 is 0.287 bits per heavy atom. The Hall–Kier alpha value is -1.94. The van der Waals surface area contributed by atoms with Gasteiger partial charge < -0.3 is 33.8 Å². The maximum Gasteiger partial charge on any atom is 0.472 e. The number of hydrogen-bond acceptors (Lipinski definition) is 15. The van der Waals surface area contributed by atoms with E-state index in [1.54, 1.807) is 0 Å². The van der Waals surface area contributed by atoms with Crippen LogP contribution in [0.5, 0.6) is 0 Å². The van der Waals surface area contributed by atoms with Crippen molar-refractivity contribution >= 4 is 39.5 Å². The zero-order chi connectivity index (χ0) is 74.4. The maximum atomic E-state index is 13.1. The van der Waals surface area contributed by atoms with Crippen LogP contribution in [0.3, 0.4) is 0 Å². The fourth-order valence-electron chi connectivity index (χ4n) is 12.6. The van der Waals surface area contributed by atoms with Crippen LogP contribution in [0.1, 0.15) is 427 Å². The third kappa shape index (κ3) is 74.7. The van der Waals surface area contributed by atoms with Gasteiger partial charge in [0.15, 0.2) is 12.2 Å². The van der Waals surface area contributed by atoms with Gasteiger partial charge >= 0.3 is 39.5 Å². The van der Waals surface area contributed by atoms with Gasteiger partial charge in [-0.1, -0.05) is 376 Å². The summed E-state index contributed by atoms with van der Waals surface area (Å²) in [5, 5.41) is 10.6. The van der Waals surface area contributed by atoms with Gasteiger partial charge in [-0.05, 0) is 43.4 Å². The van der Waals surface area contributed by atoms with E-state index in [9.17, 15) is 43.2 Å². The van der Waals surface area contributed by atoms with Gasteiger partial charge in [0.1, 0.15) is 19.3 Å². The van der Waals surface area contributed by atoms with Crippen molar-refractivity contribution in [2.75, 3.05) is 39.6 Å². The largest absolute Gasteiger partial charge is 0.472 e. The molecule has 0 radical (unpaired) electrons. The first-order chi connectivity index (χ1) is 48.8. The van der Waals surface area contributed by atoms with Crippen LogP contribution in [0.2, 0.25) is 0 Å². The van der Waals surface area contributed by atoms with E-state index < -0.39 is 97.5 Å². The summed E-state index contributed by atoms with van der Waals surface area (Å²) in [6.07, 6.45) is 60.9. The molecule has 0 aliphatic rings. The van der Waals surface area contributed by atoms with Crippen molar-refractivity contribution in [1.29, 1.82) is 0 Å². The summed E-state index contributed by atoms with van der Waals surface area (Å²) in [4.78, 5) is 73.0. The highest BCUT2D eigenvalue weighted by Gasteiger charge is 2.30. The second-order valence-electron chi connectivity index (χ2n) is 30.7. The van der Waals surface area contributed by atoms with E-state index in [1.165, 1.54) is 238 Å². The molecule has 0 aliphatic carbocycles. The van der Waals surface area contributed by atoms with E-state index in [1.807, 2.05) is 0 Å². The molecule has 0 bridgehead atoms. The Morgan fingerprint density at radius 3 is 0.752 bits per heavy atom. The summed E-state index contributed by atoms with van der Waals surface area (Å²) in [7, 11) is -9.92. The van der Waals surface area contributed by atoms with E-state index in [0.717, 1.165) is 108 Å². The minimum Gasteiger partial charge on any atom is -0.462 e. The second-order valence-corrected chi connectivity index (χ2v) is 33.6. The molecule has 0 fully saturated rings. The number of aliphatic hydroxyl groups excluding tert-OH is 1. The first kappa shape index (κ1) is 99.1. The Morgan fingerprint density at radius 2 is 0.505 bits per heavy atom. The van der Waals surface area contributed by atoms with Crippen LogP contribution < -0.4 is 0 Å². The molecule has 600 valence electrons. The van der Waals surface area contributed by atoms with Crippen molar-refractivity contribution in [1.82, 2.24) is 0 Å². The van der Waals surface area contributed by atoms with Gasteiger partial charge in [-0.15, -0.1) is 0 Å². The van der Waals surface area contributed by atoms with Crippen LogP contribution in [0.15, 0.2) is 0 Å². The Balaban J connectivity index is 5.24. The van der Waals surface area contributed by atoms with Gasteiger partial charge in [0, 0.05) is 25.7 Å². The van der Waals surface area contributed by atoms with Crippen molar-refractivity contribution in [2.45, 2.75) is 446 Å². The number of carbonyl (C=O) groups is 4. The molecular weight excluding hydrogens is 1320 g/mol. The van der Waals surface area contributed by atoms with Gasteiger partial charge in [-0.3, -0.25) is 37.3 Å². The average molecular weight is 1480 g/mol. The normalized spacial score (nSPS) is 14.2. The molecule has 0 aromatic heterocycles. The quantitative estimate of drug-likeness (QED) is 0.0222. The summed E-state index contributed by atoms with van der Waals surface area (Å²) in [5.74, 6) is 0.316. The van der Waals surface area contributed by atoms with E-state index >= 15 is 0 Å². The Labute approximate surface area is 619 Å². The molecule has 0 aromatic carbocycles. The molecule has 0 heterocycles. The van der Waals surface area contributed by atoms with Gasteiger partial charge in [-0.25, -0.2) is 9.13 Å². The summed E-state index contributed by atoms with van der Waals surface area (Å²) in [6, 6.07) is 0. The predicted octanol–water partition coefficient (Wildman–Crippen LogP) is 24.5. The minimum absolute atomic E-state index is 0.107. The molecule has 0 aromatic rings. The molecule has 19 heteroatoms. The number of aliphatic hydroxyl groups is 1. The molecule has 101 heavy (non-hydrogen) atoms. The molecular formula is C82H160O17P2. The molecule has 0 saturated carbocycles. The van der Waals surface area contributed by atoms with E-state index in [0.29, 0.717) is 25.7 Å². The van der Waals surface area contributed by atoms with Crippen LogP contribution in [-0.2, 0) is 65.4 Å². The number of unbranched alkanes of at least 4 members (excludes halogenated alkanes) is 47. The molecule has 0 aliphatic heterocycles. The van der Waals surface area contributed by atoms with Crippen molar-refractivity contribution in [3.8, 4) is 0 Å². The third-order valence-electron chi connectivity index (χ3n) is 19.5. The molecule has 6 atom stereocenters. The van der Waals surface area contributed by atoms with Crippen LogP contribution in [-0.4, -0.2) is 96.7 Å². The monoisotopic (exact) mass is 1480 g/mol. The van der Waals surface area contributed by atoms with Crippen LogP contribution >= 0.6 is 15.6 Å². The average Bonchev–Trinajstić information content (AvgIpc) is 0.926. The molecule has 0 rings (SSSR count). The molecule has 17 nitrogen and oxygen atoms in total. The van der Waals surface area contributed by atoms with Crippen LogP contribution in [0.4, 0.5) is 0 Å². The Bertz CT molecular complexity index is 1960. The highest BCUT2D eigenvalue weighted by atomic mass is 31.2.